The van der Waals surface area contributed by atoms with Crippen molar-refractivity contribution in [2.75, 3.05) is 5.73 Å². The van der Waals surface area contributed by atoms with Gasteiger partial charge in [-0.3, -0.25) is 0 Å². The van der Waals surface area contributed by atoms with Gasteiger partial charge in [-0.15, -0.1) is 0 Å². The van der Waals surface area contributed by atoms with Gasteiger partial charge in [-0.2, -0.15) is 0 Å². The van der Waals surface area contributed by atoms with E-state index in [1.807, 2.05) is 35.0 Å². The van der Waals surface area contributed by atoms with Crippen LogP contribution in [0.3, 0.4) is 0 Å². The van der Waals surface area contributed by atoms with E-state index >= 15 is 0 Å². The molecule has 0 unspecified atom stereocenters. The molecule has 2 N–H and O–H groups in total. The number of aromatic nitrogens is 3. The lowest BCUT2D eigenvalue weighted by Crippen LogP contribution is -1.98. The first-order valence-corrected chi connectivity index (χ1v) is 5.97. The van der Waals surface area contributed by atoms with Gasteiger partial charge in [-0.05, 0) is 30.7 Å². The van der Waals surface area contributed by atoms with Crippen LogP contribution < -0.4 is 5.73 Å². The monoisotopic (exact) mass is 238 g/mol. The second kappa shape index (κ2) is 4.14. The molecule has 0 bridgehead atoms. The third kappa shape index (κ3) is 1.62. The molecule has 3 aromatic heterocycles. The third-order valence-corrected chi connectivity index (χ3v) is 3.04. The third-order valence-electron chi connectivity index (χ3n) is 3.04. The lowest BCUT2D eigenvalue weighted by Gasteiger charge is -2.09. The number of hydrogen-bond donors (Lipinski definition) is 1. The predicted molar refractivity (Wildman–Crippen MR) is 72.2 cm³/mol. The van der Waals surface area contributed by atoms with E-state index in [2.05, 4.69) is 23.0 Å². The summed E-state index contributed by atoms with van der Waals surface area (Å²) in [5.41, 5.74) is 9.88. The molecule has 0 fully saturated rings. The summed E-state index contributed by atoms with van der Waals surface area (Å²) in [7, 11) is 0. The highest BCUT2D eigenvalue weighted by Gasteiger charge is 2.10. The second-order valence-electron chi connectivity index (χ2n) is 4.16. The zero-order valence-corrected chi connectivity index (χ0v) is 10.2. The number of imidazole rings is 1. The molecule has 3 heterocycles. The van der Waals surface area contributed by atoms with Crippen molar-refractivity contribution in [1.82, 2.24) is 14.4 Å². The Hall–Kier alpha value is -2.36. The lowest BCUT2D eigenvalue weighted by molar-refractivity contribution is 1.04. The van der Waals surface area contributed by atoms with Crippen molar-refractivity contribution in [2.24, 2.45) is 0 Å². The molecule has 3 rings (SSSR count). The zero-order valence-electron chi connectivity index (χ0n) is 10.2. The number of hydrogen-bond acceptors (Lipinski definition) is 3. The molecule has 0 saturated heterocycles. The van der Waals surface area contributed by atoms with Crippen LogP contribution >= 0.6 is 0 Å². The van der Waals surface area contributed by atoms with Gasteiger partial charge in [0.1, 0.15) is 11.5 Å². The molecule has 0 radical (unpaired) electrons. The van der Waals surface area contributed by atoms with Crippen LogP contribution in [-0.4, -0.2) is 14.4 Å². The maximum Gasteiger partial charge on any atom is 0.144 e. The molecule has 3 aromatic rings. The van der Waals surface area contributed by atoms with Crippen LogP contribution in [-0.2, 0) is 6.42 Å². The number of anilines is 1. The number of fused-ring (bicyclic) bond motifs is 1. The zero-order chi connectivity index (χ0) is 12.5. The van der Waals surface area contributed by atoms with Gasteiger partial charge in [0, 0.05) is 29.7 Å². The highest BCUT2D eigenvalue weighted by atomic mass is 15.0. The van der Waals surface area contributed by atoms with Gasteiger partial charge in [-0.25, -0.2) is 9.97 Å². The minimum Gasteiger partial charge on any atom is -0.384 e. The summed E-state index contributed by atoms with van der Waals surface area (Å²) < 4.78 is 2.01. The van der Waals surface area contributed by atoms with Crippen molar-refractivity contribution in [1.29, 1.82) is 0 Å². The first kappa shape index (κ1) is 10.8. The first-order valence-electron chi connectivity index (χ1n) is 5.97. The van der Waals surface area contributed by atoms with E-state index in [1.54, 1.807) is 6.20 Å². The number of aryl methyl sites for hydroxylation is 1. The quantitative estimate of drug-likeness (QED) is 0.746. The van der Waals surface area contributed by atoms with E-state index in [4.69, 9.17) is 5.73 Å². The fourth-order valence-corrected chi connectivity index (χ4v) is 2.19. The molecule has 18 heavy (non-hydrogen) atoms. The molecule has 0 aromatic carbocycles. The Balaban J connectivity index is 2.29. The average molecular weight is 238 g/mol. The normalized spacial score (nSPS) is 10.9. The fraction of sp³-hybridized carbons (Fsp3) is 0.143. The van der Waals surface area contributed by atoms with Gasteiger partial charge in [0.15, 0.2) is 0 Å². The van der Waals surface area contributed by atoms with Crippen LogP contribution in [0.2, 0.25) is 0 Å². The predicted octanol–water partition coefficient (Wildman–Crippen LogP) is 2.54. The molecule has 90 valence electrons. The van der Waals surface area contributed by atoms with Crippen LogP contribution in [0.1, 0.15) is 12.6 Å². The molecule has 4 heteroatoms. The summed E-state index contributed by atoms with van der Waals surface area (Å²) in [5.74, 6) is 0.561. The van der Waals surface area contributed by atoms with Crippen LogP contribution in [0.25, 0.3) is 16.8 Å². The number of nitrogens with zero attached hydrogens (tertiary/aromatic N) is 3. The maximum atomic E-state index is 5.74. The van der Waals surface area contributed by atoms with Crippen molar-refractivity contribution < 1.29 is 0 Å². The number of nitrogens with two attached hydrogens (primary N) is 1. The molecular weight excluding hydrogens is 224 g/mol. The van der Waals surface area contributed by atoms with Gasteiger partial charge in [0.25, 0.3) is 0 Å². The van der Waals surface area contributed by atoms with E-state index in [0.29, 0.717) is 5.82 Å². The topological polar surface area (TPSA) is 56.2 Å². The molecule has 0 aliphatic rings. The van der Waals surface area contributed by atoms with Crippen molar-refractivity contribution in [3.05, 3.63) is 48.5 Å². The number of rotatable bonds is 2. The van der Waals surface area contributed by atoms with Crippen LogP contribution in [0, 0.1) is 0 Å². The SMILES string of the molecule is CCc1nc(N)ccc1-c1cccn2ccnc12. The Kier molecular flexibility index (Phi) is 2.48. The standard InChI is InChI=1S/C14H14N4/c1-2-12-10(5-6-13(15)17-12)11-4-3-8-18-9-7-16-14(11)18/h3-9H,2H2,1H3,(H2,15,17). The van der Waals surface area contributed by atoms with Crippen LogP contribution in [0.15, 0.2) is 42.9 Å². The van der Waals surface area contributed by atoms with Gasteiger partial charge in [-0.1, -0.05) is 6.92 Å². The average Bonchev–Trinajstić information content (AvgIpc) is 2.86. The minimum atomic E-state index is 0.561. The molecular formula is C14H14N4. The summed E-state index contributed by atoms with van der Waals surface area (Å²) in [6.45, 7) is 2.08. The van der Waals surface area contributed by atoms with Crippen molar-refractivity contribution >= 4 is 11.5 Å². The molecule has 0 atom stereocenters. The van der Waals surface area contributed by atoms with E-state index < -0.39 is 0 Å². The van der Waals surface area contributed by atoms with E-state index in [1.165, 1.54) is 0 Å². The second-order valence-corrected chi connectivity index (χ2v) is 4.16. The van der Waals surface area contributed by atoms with E-state index in [-0.39, 0.29) is 0 Å². The molecule has 0 aliphatic heterocycles. The first-order chi connectivity index (χ1) is 8.79. The minimum absolute atomic E-state index is 0.561. The largest absolute Gasteiger partial charge is 0.384 e. The number of nitrogen functional groups attached to an aromatic ring is 1. The smallest absolute Gasteiger partial charge is 0.144 e. The van der Waals surface area contributed by atoms with E-state index in [9.17, 15) is 0 Å². The Labute approximate surface area is 105 Å². The molecule has 0 saturated carbocycles. The summed E-state index contributed by atoms with van der Waals surface area (Å²) >= 11 is 0. The molecule has 0 aliphatic carbocycles. The molecule has 4 nitrogen and oxygen atoms in total. The highest BCUT2D eigenvalue weighted by Crippen LogP contribution is 2.27. The van der Waals surface area contributed by atoms with Crippen LogP contribution in [0.4, 0.5) is 5.82 Å². The molecule has 0 amide bonds. The summed E-state index contributed by atoms with van der Waals surface area (Å²) in [4.78, 5) is 8.80. The summed E-state index contributed by atoms with van der Waals surface area (Å²) in [6.07, 6.45) is 6.58. The summed E-state index contributed by atoms with van der Waals surface area (Å²) in [5, 5.41) is 0. The number of pyridine rings is 2. The van der Waals surface area contributed by atoms with Gasteiger partial charge in [0.2, 0.25) is 0 Å². The van der Waals surface area contributed by atoms with Gasteiger partial charge >= 0.3 is 0 Å². The Bertz CT molecular complexity index is 700. The molecule has 0 spiro atoms. The Morgan fingerprint density at radius 1 is 1.17 bits per heavy atom. The van der Waals surface area contributed by atoms with Crippen molar-refractivity contribution in [3.63, 3.8) is 0 Å². The Morgan fingerprint density at radius 2 is 2.06 bits per heavy atom. The van der Waals surface area contributed by atoms with E-state index in [0.717, 1.165) is 28.9 Å². The van der Waals surface area contributed by atoms with Crippen molar-refractivity contribution in [2.45, 2.75) is 13.3 Å². The maximum absolute atomic E-state index is 5.74. The Morgan fingerprint density at radius 3 is 2.89 bits per heavy atom. The van der Waals surface area contributed by atoms with Gasteiger partial charge in [0.05, 0.1) is 5.69 Å². The van der Waals surface area contributed by atoms with Gasteiger partial charge < -0.3 is 10.1 Å². The summed E-state index contributed by atoms with van der Waals surface area (Å²) in [6, 6.07) is 7.93. The highest BCUT2D eigenvalue weighted by molar-refractivity contribution is 5.79. The fourth-order valence-electron chi connectivity index (χ4n) is 2.19. The van der Waals surface area contributed by atoms with Crippen LogP contribution in [0.5, 0.6) is 0 Å². The lowest BCUT2D eigenvalue weighted by atomic mass is 10.0. The van der Waals surface area contributed by atoms with Crippen molar-refractivity contribution in [3.8, 4) is 11.1 Å².